The molecule has 9 heteroatoms. The van der Waals surface area contributed by atoms with Gasteiger partial charge >= 0.3 is 11.9 Å². The van der Waals surface area contributed by atoms with E-state index in [1.54, 1.807) is 10.7 Å². The number of ether oxygens (including phenoxy) is 2. The number of nitrogens with zero attached hydrogens (tertiary/aromatic N) is 2. The molecule has 1 heterocycles. The van der Waals surface area contributed by atoms with Crippen molar-refractivity contribution in [1.29, 1.82) is 0 Å². The molecule has 0 aliphatic carbocycles. The van der Waals surface area contributed by atoms with E-state index in [4.69, 9.17) is 32.7 Å². The normalized spacial score (nSPS) is 12.8. The van der Waals surface area contributed by atoms with Crippen LogP contribution in [0.4, 0.5) is 0 Å². The van der Waals surface area contributed by atoms with Gasteiger partial charge in [0.05, 0.1) is 19.3 Å². The minimum absolute atomic E-state index is 0.163. The lowest BCUT2D eigenvalue weighted by Crippen LogP contribution is -2.49. The minimum Gasteiger partial charge on any atom is -0.468 e. The summed E-state index contributed by atoms with van der Waals surface area (Å²) in [6.45, 7) is 4.65. The fraction of sp³-hybridized carbons (Fsp3) is 0.370. The Balaban J connectivity index is 1.69. The molecule has 0 amide bonds. The Morgan fingerprint density at radius 1 is 0.972 bits per heavy atom. The number of rotatable bonds is 12. The van der Waals surface area contributed by atoms with Gasteiger partial charge in [0.15, 0.2) is 0 Å². The topological polar surface area (TPSA) is 82.5 Å². The molecule has 1 N–H and O–H groups in total. The van der Waals surface area contributed by atoms with E-state index < -0.39 is 24.0 Å². The van der Waals surface area contributed by atoms with E-state index in [1.165, 1.54) is 7.11 Å². The van der Waals surface area contributed by atoms with Crippen molar-refractivity contribution in [3.63, 3.8) is 0 Å². The number of nitrogens with one attached hydrogen (secondary N) is 1. The average Bonchev–Trinajstić information content (AvgIpc) is 3.27. The lowest BCUT2D eigenvalue weighted by atomic mass is 10.0. The second-order valence-electron chi connectivity index (χ2n) is 9.00. The van der Waals surface area contributed by atoms with Crippen molar-refractivity contribution in [3.05, 3.63) is 87.7 Å². The monoisotopic (exact) mass is 531 g/mol. The summed E-state index contributed by atoms with van der Waals surface area (Å²) in [5.74, 6) is -0.686. The summed E-state index contributed by atoms with van der Waals surface area (Å²) in [5, 5.41) is 8.84. The number of benzene rings is 2. The minimum atomic E-state index is -0.771. The maximum Gasteiger partial charge on any atom is 0.323 e. The zero-order chi connectivity index (χ0) is 26.1. The molecule has 3 rings (SSSR count). The van der Waals surface area contributed by atoms with E-state index in [9.17, 15) is 9.59 Å². The molecule has 3 aromatic rings. The maximum absolute atomic E-state index is 12.9. The number of esters is 2. The molecule has 1 aromatic heterocycles. The number of aromatic nitrogens is 2. The summed E-state index contributed by atoms with van der Waals surface area (Å²) in [5.41, 5.74) is 2.47. The number of carbonyl (C=O) groups excluding carboxylic acids is 2. The van der Waals surface area contributed by atoms with E-state index >= 15 is 0 Å². The van der Waals surface area contributed by atoms with Crippen molar-refractivity contribution in [1.82, 2.24) is 15.1 Å². The average molecular weight is 532 g/mol. The summed E-state index contributed by atoms with van der Waals surface area (Å²) in [4.78, 5) is 25.5. The summed E-state index contributed by atoms with van der Waals surface area (Å²) in [6.07, 6.45) is 2.57. The molecular formula is C27H31Cl2N3O4. The number of hydrogen-bond acceptors (Lipinski definition) is 6. The SMILES string of the molecule is COC(=O)C(Cc1ccn(Cc2cc(Cl)cc(Cl)c2)n1)NC(CC(C)C)C(=O)OCc1ccccc1. The van der Waals surface area contributed by atoms with Crippen molar-refractivity contribution in [2.24, 2.45) is 5.92 Å². The number of hydrogen-bond donors (Lipinski definition) is 1. The van der Waals surface area contributed by atoms with Crippen molar-refractivity contribution in [2.45, 2.75) is 51.9 Å². The standard InChI is InChI=1S/C27H31Cl2N3O4/c1-18(2)11-24(27(34)36-17-19-7-5-4-6-8-19)30-25(26(33)35-3)15-23-9-10-32(31-23)16-20-12-21(28)14-22(29)13-20/h4-10,12-14,18,24-25,30H,11,15-17H2,1-3H3. The van der Waals surface area contributed by atoms with Gasteiger partial charge in [-0.15, -0.1) is 0 Å². The molecule has 0 fully saturated rings. The second-order valence-corrected chi connectivity index (χ2v) is 9.88. The Hall–Kier alpha value is -2.87. The molecule has 0 aliphatic heterocycles. The highest BCUT2D eigenvalue weighted by Crippen LogP contribution is 2.20. The summed E-state index contributed by atoms with van der Waals surface area (Å²) >= 11 is 12.2. The van der Waals surface area contributed by atoms with Gasteiger partial charge < -0.3 is 9.47 Å². The molecule has 36 heavy (non-hydrogen) atoms. The van der Waals surface area contributed by atoms with Gasteiger partial charge in [0, 0.05) is 22.7 Å². The van der Waals surface area contributed by atoms with Crippen LogP contribution < -0.4 is 5.32 Å². The fourth-order valence-corrected chi connectivity index (χ4v) is 4.40. The van der Waals surface area contributed by atoms with Gasteiger partial charge in [0.2, 0.25) is 0 Å². The van der Waals surface area contributed by atoms with Gasteiger partial charge in [-0.2, -0.15) is 5.10 Å². The van der Waals surface area contributed by atoms with E-state index in [1.807, 2.05) is 68.6 Å². The predicted molar refractivity (Wildman–Crippen MR) is 140 cm³/mol. The van der Waals surface area contributed by atoms with E-state index in [-0.39, 0.29) is 18.9 Å². The van der Waals surface area contributed by atoms with Crippen LogP contribution in [0.3, 0.4) is 0 Å². The zero-order valence-electron chi connectivity index (χ0n) is 20.6. The summed E-state index contributed by atoms with van der Waals surface area (Å²) in [7, 11) is 1.32. The summed E-state index contributed by atoms with van der Waals surface area (Å²) in [6, 6.07) is 15.2. The van der Waals surface area contributed by atoms with Crippen LogP contribution >= 0.6 is 23.2 Å². The van der Waals surface area contributed by atoms with E-state index in [0.717, 1.165) is 11.1 Å². The molecule has 0 spiro atoms. The first-order valence-corrected chi connectivity index (χ1v) is 12.5. The first kappa shape index (κ1) is 27.7. The predicted octanol–water partition coefficient (Wildman–Crippen LogP) is 5.07. The number of methoxy groups -OCH3 is 1. The van der Waals surface area contributed by atoms with Crippen molar-refractivity contribution in [3.8, 4) is 0 Å². The van der Waals surface area contributed by atoms with Crippen LogP contribution in [0.5, 0.6) is 0 Å². The molecule has 2 aromatic carbocycles. The fourth-order valence-electron chi connectivity index (χ4n) is 3.83. The smallest absolute Gasteiger partial charge is 0.323 e. The zero-order valence-corrected chi connectivity index (χ0v) is 22.1. The molecule has 2 atom stereocenters. The molecule has 0 saturated heterocycles. The van der Waals surface area contributed by atoms with E-state index in [2.05, 4.69) is 10.4 Å². The van der Waals surface area contributed by atoms with E-state index in [0.29, 0.717) is 28.7 Å². The van der Waals surface area contributed by atoms with Crippen LogP contribution in [-0.4, -0.2) is 40.9 Å². The van der Waals surface area contributed by atoms with Crippen LogP contribution in [0.1, 0.15) is 37.1 Å². The summed E-state index contributed by atoms with van der Waals surface area (Å²) < 4.78 is 12.3. The number of carbonyl (C=O) groups is 2. The Kier molecular flexibility index (Phi) is 10.3. The van der Waals surface area contributed by atoms with Crippen LogP contribution in [0, 0.1) is 5.92 Å². The third kappa shape index (κ3) is 8.66. The van der Waals surface area contributed by atoms with Crippen molar-refractivity contribution >= 4 is 35.1 Å². The quantitative estimate of drug-likeness (QED) is 0.328. The lowest BCUT2D eigenvalue weighted by Gasteiger charge is -2.24. The highest BCUT2D eigenvalue weighted by molar-refractivity contribution is 6.34. The Morgan fingerprint density at radius 3 is 2.31 bits per heavy atom. The lowest BCUT2D eigenvalue weighted by molar-refractivity contribution is -0.149. The van der Waals surface area contributed by atoms with Crippen molar-refractivity contribution in [2.75, 3.05) is 7.11 Å². The highest BCUT2D eigenvalue weighted by atomic mass is 35.5. The van der Waals surface area contributed by atoms with Crippen molar-refractivity contribution < 1.29 is 19.1 Å². The maximum atomic E-state index is 12.9. The molecule has 192 valence electrons. The largest absolute Gasteiger partial charge is 0.468 e. The van der Waals surface area contributed by atoms with Gasteiger partial charge in [-0.3, -0.25) is 19.6 Å². The third-order valence-corrected chi connectivity index (χ3v) is 5.92. The molecule has 0 saturated carbocycles. The van der Waals surface area contributed by atoms with Crippen LogP contribution in [0.25, 0.3) is 0 Å². The molecule has 0 bridgehead atoms. The third-order valence-electron chi connectivity index (χ3n) is 5.48. The van der Waals surface area contributed by atoms with Crippen LogP contribution in [0.15, 0.2) is 60.8 Å². The first-order valence-electron chi connectivity index (χ1n) is 11.7. The Morgan fingerprint density at radius 2 is 1.67 bits per heavy atom. The molecule has 0 aliphatic rings. The molecule has 2 unspecified atom stereocenters. The number of halogens is 2. The second kappa shape index (κ2) is 13.4. The van der Waals surface area contributed by atoms with Gasteiger partial charge in [-0.05, 0) is 47.7 Å². The Labute approximate surface area is 221 Å². The Bertz CT molecular complexity index is 1130. The van der Waals surface area contributed by atoms with Crippen LogP contribution in [-0.2, 0) is 38.6 Å². The molecule has 0 radical (unpaired) electrons. The molecular weight excluding hydrogens is 501 g/mol. The highest BCUT2D eigenvalue weighted by Gasteiger charge is 2.29. The van der Waals surface area contributed by atoms with Gasteiger partial charge in [0.1, 0.15) is 18.7 Å². The van der Waals surface area contributed by atoms with Crippen LogP contribution in [0.2, 0.25) is 10.0 Å². The molecule has 7 nitrogen and oxygen atoms in total. The van der Waals surface area contributed by atoms with Gasteiger partial charge in [-0.25, -0.2) is 0 Å². The first-order chi connectivity index (χ1) is 17.2. The van der Waals surface area contributed by atoms with Gasteiger partial charge in [-0.1, -0.05) is 67.4 Å². The van der Waals surface area contributed by atoms with Gasteiger partial charge in [0.25, 0.3) is 0 Å².